The lowest BCUT2D eigenvalue weighted by atomic mass is 10.0. The monoisotopic (exact) mass is 262 g/mol. The maximum absolute atomic E-state index is 12.0. The molecule has 1 aliphatic heterocycles. The van der Waals surface area contributed by atoms with Crippen LogP contribution in [0, 0.1) is 5.92 Å². The molecule has 0 saturated carbocycles. The van der Waals surface area contributed by atoms with E-state index in [1.165, 1.54) is 0 Å². The van der Waals surface area contributed by atoms with Gasteiger partial charge in [-0.25, -0.2) is 0 Å². The number of carbonyl (C=O) groups excluding carboxylic acids is 1. The number of likely N-dealkylation sites (N-methyl/N-ethyl adjacent to an activating group) is 1. The fourth-order valence-corrected chi connectivity index (χ4v) is 2.55. The molecule has 0 aromatic rings. The Morgan fingerprint density at radius 3 is 2.82 bits per heavy atom. The Morgan fingerprint density at radius 2 is 2.24 bits per heavy atom. The Hall–Kier alpha value is -0.460. The van der Waals surface area contributed by atoms with E-state index in [9.17, 15) is 9.00 Å². The Bertz CT molecular complexity index is 286. The van der Waals surface area contributed by atoms with Crippen LogP contribution in [0.15, 0.2) is 0 Å². The standard InChI is InChI=1S/C11H22N2O3S/c1-8(4-5-17(3)15)13-11(14)9-6-16-7-10(9)12-2/h8-10,12H,4-7H2,1-3H3,(H,13,14). The summed E-state index contributed by atoms with van der Waals surface area (Å²) in [6, 6.07) is 0.159. The summed E-state index contributed by atoms with van der Waals surface area (Å²) in [7, 11) is 1.04. The molecule has 0 radical (unpaired) electrons. The van der Waals surface area contributed by atoms with Gasteiger partial charge >= 0.3 is 0 Å². The van der Waals surface area contributed by atoms with Crippen molar-refractivity contribution in [1.82, 2.24) is 10.6 Å². The number of rotatable bonds is 6. The Morgan fingerprint density at radius 1 is 1.53 bits per heavy atom. The van der Waals surface area contributed by atoms with Gasteiger partial charge in [0.1, 0.15) is 0 Å². The third-order valence-corrected chi connectivity index (χ3v) is 3.83. The van der Waals surface area contributed by atoms with Gasteiger partial charge in [0.05, 0.1) is 19.1 Å². The molecule has 1 rings (SSSR count). The number of ether oxygens (including phenoxy) is 1. The van der Waals surface area contributed by atoms with Crippen LogP contribution in [0.25, 0.3) is 0 Å². The van der Waals surface area contributed by atoms with Gasteiger partial charge in [-0.2, -0.15) is 0 Å². The fourth-order valence-electron chi connectivity index (χ4n) is 1.86. The number of hydrogen-bond donors (Lipinski definition) is 2. The van der Waals surface area contributed by atoms with Gasteiger partial charge in [0.2, 0.25) is 5.91 Å². The summed E-state index contributed by atoms with van der Waals surface area (Å²) in [5.41, 5.74) is 0. The molecule has 5 nitrogen and oxygen atoms in total. The molecule has 6 heteroatoms. The average molecular weight is 262 g/mol. The maximum atomic E-state index is 12.0. The van der Waals surface area contributed by atoms with Crippen LogP contribution in [0.4, 0.5) is 0 Å². The minimum absolute atomic E-state index is 0.0243. The van der Waals surface area contributed by atoms with Crippen LogP contribution in [0.3, 0.4) is 0 Å². The minimum atomic E-state index is -0.800. The van der Waals surface area contributed by atoms with E-state index in [1.807, 2.05) is 14.0 Å². The van der Waals surface area contributed by atoms with Gasteiger partial charge in [-0.15, -0.1) is 0 Å². The minimum Gasteiger partial charge on any atom is -0.379 e. The summed E-state index contributed by atoms with van der Waals surface area (Å²) in [6.07, 6.45) is 2.42. The van der Waals surface area contributed by atoms with Crippen LogP contribution >= 0.6 is 0 Å². The van der Waals surface area contributed by atoms with E-state index in [0.717, 1.165) is 6.42 Å². The van der Waals surface area contributed by atoms with Gasteiger partial charge in [-0.1, -0.05) is 0 Å². The van der Waals surface area contributed by atoms with Gasteiger partial charge in [-0.05, 0) is 20.4 Å². The largest absolute Gasteiger partial charge is 0.379 e. The Labute approximate surface area is 105 Å². The van der Waals surface area contributed by atoms with Gasteiger partial charge in [0.15, 0.2) is 0 Å². The van der Waals surface area contributed by atoms with Crippen molar-refractivity contribution < 1.29 is 13.7 Å². The van der Waals surface area contributed by atoms with Crippen LogP contribution in [0.2, 0.25) is 0 Å². The molecule has 17 heavy (non-hydrogen) atoms. The molecule has 1 heterocycles. The Balaban J connectivity index is 2.35. The predicted octanol–water partition coefficient (Wildman–Crippen LogP) is -0.506. The maximum Gasteiger partial charge on any atom is 0.227 e. The van der Waals surface area contributed by atoms with E-state index in [4.69, 9.17) is 4.74 Å². The van der Waals surface area contributed by atoms with Crippen LogP contribution in [0.5, 0.6) is 0 Å². The topological polar surface area (TPSA) is 67.4 Å². The lowest BCUT2D eigenvalue weighted by Crippen LogP contribution is -2.45. The summed E-state index contributed by atoms with van der Waals surface area (Å²) in [5, 5.41) is 6.03. The molecule has 2 N–H and O–H groups in total. The van der Waals surface area contributed by atoms with Crippen LogP contribution in [0.1, 0.15) is 13.3 Å². The van der Waals surface area contributed by atoms with Crippen LogP contribution in [-0.4, -0.2) is 54.5 Å². The van der Waals surface area contributed by atoms with Gasteiger partial charge in [0, 0.05) is 34.9 Å². The molecule has 0 aliphatic carbocycles. The molecule has 1 saturated heterocycles. The molecule has 1 aliphatic rings. The normalized spacial score (nSPS) is 27.7. The van der Waals surface area contributed by atoms with Crippen molar-refractivity contribution in [3.63, 3.8) is 0 Å². The second-order valence-corrected chi connectivity index (χ2v) is 6.07. The molecule has 0 aromatic heterocycles. The van der Waals surface area contributed by atoms with E-state index in [-0.39, 0.29) is 23.9 Å². The van der Waals surface area contributed by atoms with Crippen molar-refractivity contribution in [2.45, 2.75) is 25.4 Å². The van der Waals surface area contributed by atoms with E-state index in [2.05, 4.69) is 10.6 Å². The lowest BCUT2D eigenvalue weighted by Gasteiger charge is -2.19. The highest BCUT2D eigenvalue weighted by atomic mass is 32.2. The van der Waals surface area contributed by atoms with Crippen LogP contribution in [-0.2, 0) is 20.3 Å². The first-order valence-corrected chi connectivity index (χ1v) is 7.62. The van der Waals surface area contributed by atoms with E-state index in [0.29, 0.717) is 19.0 Å². The number of carbonyl (C=O) groups is 1. The van der Waals surface area contributed by atoms with Crippen LogP contribution < -0.4 is 10.6 Å². The third kappa shape index (κ3) is 4.73. The second-order valence-electron chi connectivity index (χ2n) is 4.51. The summed E-state index contributed by atoms with van der Waals surface area (Å²) >= 11 is 0. The number of nitrogens with one attached hydrogen (secondary N) is 2. The first kappa shape index (κ1) is 14.6. The lowest BCUT2D eigenvalue weighted by molar-refractivity contribution is -0.126. The zero-order chi connectivity index (χ0) is 12.8. The second kappa shape index (κ2) is 7.08. The summed E-state index contributed by atoms with van der Waals surface area (Å²) in [4.78, 5) is 12.0. The molecular weight excluding hydrogens is 240 g/mol. The summed E-state index contributed by atoms with van der Waals surface area (Å²) < 4.78 is 16.2. The summed E-state index contributed by atoms with van der Waals surface area (Å²) in [6.45, 7) is 3.00. The fraction of sp³-hybridized carbons (Fsp3) is 0.909. The first-order valence-electron chi connectivity index (χ1n) is 5.90. The highest BCUT2D eigenvalue weighted by molar-refractivity contribution is 7.84. The van der Waals surface area contributed by atoms with Crippen molar-refractivity contribution in [1.29, 1.82) is 0 Å². The molecule has 1 amide bonds. The molecule has 4 atom stereocenters. The van der Waals surface area contributed by atoms with Crippen molar-refractivity contribution in [3.05, 3.63) is 0 Å². The molecule has 0 aromatic carbocycles. The zero-order valence-corrected chi connectivity index (χ0v) is 11.5. The summed E-state index contributed by atoms with van der Waals surface area (Å²) in [5.74, 6) is 0.531. The first-order chi connectivity index (χ1) is 8.04. The van der Waals surface area contributed by atoms with Gasteiger partial charge in [-0.3, -0.25) is 9.00 Å². The smallest absolute Gasteiger partial charge is 0.227 e. The molecule has 100 valence electrons. The van der Waals surface area contributed by atoms with E-state index < -0.39 is 10.8 Å². The highest BCUT2D eigenvalue weighted by Gasteiger charge is 2.33. The molecule has 0 bridgehead atoms. The predicted molar refractivity (Wildman–Crippen MR) is 68.3 cm³/mol. The van der Waals surface area contributed by atoms with Crippen molar-refractivity contribution in [2.24, 2.45) is 5.92 Å². The van der Waals surface area contributed by atoms with Crippen molar-refractivity contribution in [2.75, 3.05) is 32.3 Å². The van der Waals surface area contributed by atoms with E-state index >= 15 is 0 Å². The van der Waals surface area contributed by atoms with Crippen molar-refractivity contribution in [3.8, 4) is 0 Å². The molecule has 4 unspecified atom stereocenters. The number of hydrogen-bond acceptors (Lipinski definition) is 4. The highest BCUT2D eigenvalue weighted by Crippen LogP contribution is 2.13. The average Bonchev–Trinajstić information content (AvgIpc) is 2.74. The van der Waals surface area contributed by atoms with Gasteiger partial charge < -0.3 is 15.4 Å². The molecule has 1 fully saturated rings. The van der Waals surface area contributed by atoms with E-state index in [1.54, 1.807) is 6.26 Å². The molecular formula is C11H22N2O3S. The SMILES string of the molecule is CNC1COCC1C(=O)NC(C)CCS(C)=O. The third-order valence-electron chi connectivity index (χ3n) is 3.02. The van der Waals surface area contributed by atoms with Crippen molar-refractivity contribution >= 4 is 16.7 Å². The van der Waals surface area contributed by atoms with Gasteiger partial charge in [0.25, 0.3) is 0 Å². The quantitative estimate of drug-likeness (QED) is 0.677. The zero-order valence-electron chi connectivity index (χ0n) is 10.7. The Kier molecular flexibility index (Phi) is 6.08. The molecule has 0 spiro atoms. The number of amides is 1.